The van der Waals surface area contributed by atoms with E-state index in [0.717, 1.165) is 15.6 Å². The maximum Gasteiger partial charge on any atom is 0.410 e. The molecule has 1 unspecified atom stereocenters. The first kappa shape index (κ1) is 26.9. The number of hydrogen-bond donors (Lipinski definition) is 1. The average molecular weight is 520 g/mol. The summed E-state index contributed by atoms with van der Waals surface area (Å²) in [6.07, 6.45) is 0.768. The fourth-order valence-electron chi connectivity index (χ4n) is 3.52. The fourth-order valence-corrected chi connectivity index (χ4v) is 3.96. The van der Waals surface area contributed by atoms with Crippen LogP contribution in [0.2, 0.25) is 0 Å². The van der Waals surface area contributed by atoms with Crippen molar-refractivity contribution >= 4 is 28.0 Å². The van der Waals surface area contributed by atoms with Crippen LogP contribution in [0.4, 0.5) is 4.79 Å². The largest absolute Gasteiger partial charge is 0.481 e. The van der Waals surface area contributed by atoms with Crippen molar-refractivity contribution in [3.63, 3.8) is 0 Å². The van der Waals surface area contributed by atoms with E-state index in [1.165, 1.54) is 4.90 Å². The topological polar surface area (TPSA) is 76.1 Å². The minimum absolute atomic E-state index is 0.0693. The zero-order chi connectivity index (χ0) is 24.5. The number of amides is 1. The lowest BCUT2D eigenvalue weighted by molar-refractivity contribution is -0.154. The molecule has 1 N–H and O–H groups in total. The van der Waals surface area contributed by atoms with Crippen LogP contribution in [0.25, 0.3) is 0 Å². The number of nitrogens with zero attached hydrogens (tertiary/aromatic N) is 1. The van der Waals surface area contributed by atoms with Crippen molar-refractivity contribution in [3.8, 4) is 0 Å². The molecule has 0 aromatic heterocycles. The van der Waals surface area contributed by atoms with E-state index < -0.39 is 23.1 Å². The van der Waals surface area contributed by atoms with Crippen LogP contribution >= 0.6 is 15.9 Å². The Bertz CT molecular complexity index is 912. The molecule has 0 radical (unpaired) electrons. The summed E-state index contributed by atoms with van der Waals surface area (Å²) >= 11 is 3.46. The first-order valence-electron chi connectivity index (χ1n) is 11.0. The molecule has 0 saturated carbocycles. The summed E-state index contributed by atoms with van der Waals surface area (Å²) in [5, 5.41) is 10.3. The van der Waals surface area contributed by atoms with Crippen molar-refractivity contribution in [3.05, 3.63) is 70.2 Å². The van der Waals surface area contributed by atoms with Gasteiger partial charge < -0.3 is 19.5 Å². The van der Waals surface area contributed by atoms with Crippen molar-refractivity contribution < 1.29 is 24.2 Å². The second-order valence-corrected chi connectivity index (χ2v) is 10.3. The predicted molar refractivity (Wildman–Crippen MR) is 132 cm³/mol. The highest BCUT2D eigenvalue weighted by Crippen LogP contribution is 2.32. The molecule has 0 aliphatic heterocycles. The normalized spacial score (nSPS) is 13.2. The third kappa shape index (κ3) is 9.18. The zero-order valence-electron chi connectivity index (χ0n) is 19.8. The number of carbonyl (C=O) groups is 2. The number of benzene rings is 2. The first-order valence-corrected chi connectivity index (χ1v) is 11.8. The molecule has 0 spiro atoms. The maximum atomic E-state index is 12.6. The average Bonchev–Trinajstić information content (AvgIpc) is 2.73. The van der Waals surface area contributed by atoms with Gasteiger partial charge in [-0.15, -0.1) is 0 Å². The second-order valence-electron chi connectivity index (χ2n) is 9.38. The monoisotopic (exact) mass is 519 g/mol. The van der Waals surface area contributed by atoms with Crippen LogP contribution in [0.1, 0.15) is 44.7 Å². The Hall–Kier alpha value is -2.38. The van der Waals surface area contributed by atoms with E-state index in [0.29, 0.717) is 32.4 Å². The van der Waals surface area contributed by atoms with Crippen LogP contribution in [-0.2, 0) is 27.3 Å². The lowest BCUT2D eigenvalue weighted by atomic mass is 9.78. The molecular weight excluding hydrogens is 486 g/mol. The number of rotatable bonds is 11. The van der Waals surface area contributed by atoms with Crippen molar-refractivity contribution in [2.45, 2.75) is 52.2 Å². The molecule has 0 heterocycles. The quantitative estimate of drug-likeness (QED) is 0.398. The van der Waals surface area contributed by atoms with Crippen molar-refractivity contribution in [2.24, 2.45) is 5.41 Å². The number of halogens is 1. The highest BCUT2D eigenvalue weighted by molar-refractivity contribution is 9.10. The van der Waals surface area contributed by atoms with Crippen LogP contribution in [0, 0.1) is 5.41 Å². The van der Waals surface area contributed by atoms with Gasteiger partial charge in [0.1, 0.15) is 5.60 Å². The molecule has 0 bridgehead atoms. The minimum atomic E-state index is -1.12. The number of ether oxygens (including phenoxy) is 2. The molecule has 0 aliphatic carbocycles. The van der Waals surface area contributed by atoms with Crippen LogP contribution in [0.15, 0.2) is 59.1 Å². The summed E-state index contributed by atoms with van der Waals surface area (Å²) in [4.78, 5) is 26.3. The Morgan fingerprint density at radius 2 is 1.70 bits per heavy atom. The molecule has 7 heteroatoms. The summed E-state index contributed by atoms with van der Waals surface area (Å²) < 4.78 is 12.2. The standard InChI is InChI=1S/C26H34BrNO5/c1-25(2,3)33-24(31)28(4)15-9-14-26(23(29)30,17-21-12-8-13-22(27)16-21)19-32-18-20-10-6-5-7-11-20/h5-8,10-13,16H,9,14-15,17-19H2,1-4H3,(H,29,30). The van der Waals surface area contributed by atoms with Gasteiger partial charge in [-0.1, -0.05) is 58.4 Å². The Labute approximate surface area is 205 Å². The van der Waals surface area contributed by atoms with Gasteiger partial charge in [-0.2, -0.15) is 0 Å². The van der Waals surface area contributed by atoms with Gasteiger partial charge in [0.05, 0.1) is 18.6 Å². The smallest absolute Gasteiger partial charge is 0.410 e. The molecule has 1 atom stereocenters. The Morgan fingerprint density at radius 3 is 2.30 bits per heavy atom. The lowest BCUT2D eigenvalue weighted by Crippen LogP contribution is -2.40. The lowest BCUT2D eigenvalue weighted by Gasteiger charge is -2.31. The Balaban J connectivity index is 2.11. The van der Waals surface area contributed by atoms with E-state index in [1.807, 2.05) is 75.4 Å². The van der Waals surface area contributed by atoms with Gasteiger partial charge in [-0.25, -0.2) is 4.79 Å². The minimum Gasteiger partial charge on any atom is -0.481 e. The van der Waals surface area contributed by atoms with Gasteiger partial charge >= 0.3 is 12.1 Å². The van der Waals surface area contributed by atoms with E-state index in [1.54, 1.807) is 7.05 Å². The maximum absolute atomic E-state index is 12.6. The van der Waals surface area contributed by atoms with Crippen LogP contribution in [-0.4, -0.2) is 47.9 Å². The van der Waals surface area contributed by atoms with Crippen LogP contribution < -0.4 is 0 Å². The van der Waals surface area contributed by atoms with Crippen molar-refractivity contribution in [1.29, 1.82) is 0 Å². The number of hydrogen-bond acceptors (Lipinski definition) is 4. The van der Waals surface area contributed by atoms with E-state index in [-0.39, 0.29) is 6.61 Å². The molecule has 180 valence electrons. The number of carboxylic acid groups (broad SMARTS) is 1. The van der Waals surface area contributed by atoms with Gasteiger partial charge in [0.15, 0.2) is 0 Å². The Kier molecular flexibility index (Phi) is 9.92. The van der Waals surface area contributed by atoms with Crippen LogP contribution in [0.3, 0.4) is 0 Å². The van der Waals surface area contributed by atoms with Gasteiger partial charge in [-0.3, -0.25) is 4.79 Å². The molecule has 6 nitrogen and oxygen atoms in total. The van der Waals surface area contributed by atoms with E-state index in [9.17, 15) is 14.7 Å². The van der Waals surface area contributed by atoms with Crippen molar-refractivity contribution in [2.75, 3.05) is 20.2 Å². The Morgan fingerprint density at radius 1 is 1.03 bits per heavy atom. The summed E-state index contributed by atoms with van der Waals surface area (Å²) in [7, 11) is 1.66. The van der Waals surface area contributed by atoms with Gasteiger partial charge in [0.25, 0.3) is 0 Å². The summed E-state index contributed by atoms with van der Waals surface area (Å²) in [6.45, 7) is 6.25. The number of carbonyl (C=O) groups excluding carboxylic acids is 1. The van der Waals surface area contributed by atoms with Gasteiger partial charge in [-0.05, 0) is 63.3 Å². The summed E-state index contributed by atoms with van der Waals surface area (Å²) in [5.41, 5.74) is 0.200. The van der Waals surface area contributed by atoms with Crippen LogP contribution in [0.5, 0.6) is 0 Å². The predicted octanol–water partition coefficient (Wildman–Crippen LogP) is 5.93. The molecule has 0 fully saturated rings. The molecule has 0 saturated heterocycles. The molecule has 0 aliphatic rings. The highest BCUT2D eigenvalue weighted by atomic mass is 79.9. The van der Waals surface area contributed by atoms with E-state index >= 15 is 0 Å². The summed E-state index contributed by atoms with van der Waals surface area (Å²) in [6, 6.07) is 17.3. The number of carboxylic acids is 1. The zero-order valence-corrected chi connectivity index (χ0v) is 21.4. The molecule has 2 aromatic rings. The molecule has 2 aromatic carbocycles. The molecular formula is C26H34BrNO5. The highest BCUT2D eigenvalue weighted by Gasteiger charge is 2.39. The number of aliphatic carboxylic acids is 1. The molecule has 33 heavy (non-hydrogen) atoms. The van der Waals surface area contributed by atoms with E-state index in [2.05, 4.69) is 15.9 Å². The SMILES string of the molecule is CN(CCCC(COCc1ccccc1)(Cc1cccc(Br)c1)C(=O)O)C(=O)OC(C)(C)C. The van der Waals surface area contributed by atoms with Crippen molar-refractivity contribution in [1.82, 2.24) is 4.90 Å². The first-order chi connectivity index (χ1) is 15.5. The second kappa shape index (κ2) is 12.2. The van der Waals surface area contributed by atoms with E-state index in [4.69, 9.17) is 9.47 Å². The molecule has 1 amide bonds. The third-order valence-corrected chi connectivity index (χ3v) is 5.72. The third-order valence-electron chi connectivity index (χ3n) is 5.23. The molecule has 2 rings (SSSR count). The fraction of sp³-hybridized carbons (Fsp3) is 0.462. The summed E-state index contributed by atoms with van der Waals surface area (Å²) in [5.74, 6) is -0.907. The van der Waals surface area contributed by atoms with Gasteiger partial charge in [0, 0.05) is 18.1 Å². The van der Waals surface area contributed by atoms with Gasteiger partial charge in [0.2, 0.25) is 0 Å².